The van der Waals surface area contributed by atoms with E-state index >= 15 is 0 Å². The molecule has 1 saturated heterocycles. The van der Waals surface area contributed by atoms with Gasteiger partial charge >= 0.3 is 5.97 Å². The van der Waals surface area contributed by atoms with Crippen LogP contribution in [0.4, 0.5) is 11.4 Å². The first-order valence-electron chi connectivity index (χ1n) is 5.65. The molecule has 96 valence electrons. The van der Waals surface area contributed by atoms with Gasteiger partial charge in [0.05, 0.1) is 22.7 Å². The molecule has 0 radical (unpaired) electrons. The molecule has 0 aliphatic carbocycles. The van der Waals surface area contributed by atoms with Crippen molar-refractivity contribution in [2.24, 2.45) is 5.92 Å². The van der Waals surface area contributed by atoms with Crippen LogP contribution >= 0.6 is 0 Å². The number of carboxylic acids is 1. The smallest absolute Gasteiger partial charge is 0.308 e. The number of rotatable bonds is 3. The van der Waals surface area contributed by atoms with Crippen LogP contribution in [0.25, 0.3) is 0 Å². The van der Waals surface area contributed by atoms with Gasteiger partial charge in [-0.05, 0) is 12.8 Å². The molecule has 7 nitrogen and oxygen atoms in total. The number of nitro groups is 1. The van der Waals surface area contributed by atoms with Crippen molar-refractivity contribution in [3.8, 4) is 0 Å². The zero-order valence-corrected chi connectivity index (χ0v) is 9.65. The van der Waals surface area contributed by atoms with E-state index in [0.29, 0.717) is 25.2 Å². The van der Waals surface area contributed by atoms with Crippen LogP contribution in [0.3, 0.4) is 0 Å². The molecule has 1 aliphatic rings. The lowest BCUT2D eigenvalue weighted by molar-refractivity contribution is -0.385. The number of carbonyl (C=O) groups is 1. The van der Waals surface area contributed by atoms with Gasteiger partial charge in [0.15, 0.2) is 0 Å². The SMILES string of the molecule is O=C(O)[C@H]1CCCN(c2cncc([N+](=O)[O-])c2)C1. The first-order valence-corrected chi connectivity index (χ1v) is 5.65. The predicted molar refractivity (Wildman–Crippen MR) is 63.5 cm³/mol. The Hall–Kier alpha value is -2.18. The van der Waals surface area contributed by atoms with Crippen LogP contribution < -0.4 is 4.90 Å². The highest BCUT2D eigenvalue weighted by atomic mass is 16.6. The zero-order valence-electron chi connectivity index (χ0n) is 9.65. The van der Waals surface area contributed by atoms with Crippen molar-refractivity contribution < 1.29 is 14.8 Å². The van der Waals surface area contributed by atoms with Crippen LogP contribution in [-0.4, -0.2) is 34.1 Å². The largest absolute Gasteiger partial charge is 0.481 e. The number of nitrogens with zero attached hydrogens (tertiary/aromatic N) is 3. The number of aliphatic carboxylic acids is 1. The quantitative estimate of drug-likeness (QED) is 0.642. The molecule has 0 amide bonds. The Balaban J connectivity index is 2.18. The molecule has 2 rings (SSSR count). The van der Waals surface area contributed by atoms with Gasteiger partial charge in [-0.25, -0.2) is 0 Å². The van der Waals surface area contributed by atoms with Crippen LogP contribution in [0.5, 0.6) is 0 Å². The van der Waals surface area contributed by atoms with Gasteiger partial charge in [-0.2, -0.15) is 0 Å². The summed E-state index contributed by atoms with van der Waals surface area (Å²) in [7, 11) is 0. The Labute approximate surface area is 103 Å². The Morgan fingerprint density at radius 3 is 3.00 bits per heavy atom. The molecule has 18 heavy (non-hydrogen) atoms. The summed E-state index contributed by atoms with van der Waals surface area (Å²) >= 11 is 0. The minimum Gasteiger partial charge on any atom is -0.481 e. The lowest BCUT2D eigenvalue weighted by Crippen LogP contribution is -2.38. The van der Waals surface area contributed by atoms with E-state index in [9.17, 15) is 14.9 Å². The molecule has 0 bridgehead atoms. The molecule has 1 fully saturated rings. The van der Waals surface area contributed by atoms with E-state index in [4.69, 9.17) is 5.11 Å². The second kappa shape index (κ2) is 4.99. The molecule has 1 N–H and O–H groups in total. The van der Waals surface area contributed by atoms with Crippen LogP contribution in [-0.2, 0) is 4.79 Å². The summed E-state index contributed by atoms with van der Waals surface area (Å²) < 4.78 is 0. The summed E-state index contributed by atoms with van der Waals surface area (Å²) in [6.07, 6.45) is 4.12. The Bertz CT molecular complexity index is 477. The minimum atomic E-state index is -0.821. The topological polar surface area (TPSA) is 96.6 Å². The molecule has 2 heterocycles. The molecule has 1 aromatic rings. The number of hydrogen-bond donors (Lipinski definition) is 1. The molecule has 0 saturated carbocycles. The molecule has 7 heteroatoms. The van der Waals surface area contributed by atoms with Gasteiger partial charge in [0.1, 0.15) is 6.20 Å². The van der Waals surface area contributed by atoms with Crippen molar-refractivity contribution in [3.05, 3.63) is 28.6 Å². The number of aromatic nitrogens is 1. The van der Waals surface area contributed by atoms with Gasteiger partial charge < -0.3 is 10.0 Å². The van der Waals surface area contributed by atoms with E-state index in [1.807, 2.05) is 4.90 Å². The lowest BCUT2D eigenvalue weighted by atomic mass is 9.98. The molecular weight excluding hydrogens is 238 g/mol. The molecule has 0 unspecified atom stereocenters. The molecule has 1 aliphatic heterocycles. The van der Waals surface area contributed by atoms with Crippen LogP contribution in [0.1, 0.15) is 12.8 Å². The number of carboxylic acid groups (broad SMARTS) is 1. The summed E-state index contributed by atoms with van der Waals surface area (Å²) in [5.41, 5.74) is 0.528. The maximum Gasteiger partial charge on any atom is 0.308 e. The van der Waals surface area contributed by atoms with Gasteiger partial charge in [-0.15, -0.1) is 0 Å². The summed E-state index contributed by atoms with van der Waals surface area (Å²) in [6.45, 7) is 1.07. The first-order chi connectivity index (χ1) is 8.58. The number of anilines is 1. The summed E-state index contributed by atoms with van der Waals surface area (Å²) in [5, 5.41) is 19.7. The van der Waals surface area contributed by atoms with Gasteiger partial charge in [-0.1, -0.05) is 0 Å². The van der Waals surface area contributed by atoms with Crippen molar-refractivity contribution in [1.29, 1.82) is 0 Å². The van der Waals surface area contributed by atoms with Gasteiger partial charge in [0.25, 0.3) is 5.69 Å². The van der Waals surface area contributed by atoms with Crippen molar-refractivity contribution in [1.82, 2.24) is 4.98 Å². The van der Waals surface area contributed by atoms with E-state index in [1.165, 1.54) is 18.5 Å². The van der Waals surface area contributed by atoms with Gasteiger partial charge in [0, 0.05) is 19.2 Å². The number of piperidine rings is 1. The monoisotopic (exact) mass is 251 g/mol. The van der Waals surface area contributed by atoms with Crippen molar-refractivity contribution in [2.75, 3.05) is 18.0 Å². The van der Waals surface area contributed by atoms with Crippen molar-refractivity contribution >= 4 is 17.3 Å². The van der Waals surface area contributed by atoms with Crippen LogP contribution in [0.2, 0.25) is 0 Å². The molecular formula is C11H13N3O4. The van der Waals surface area contributed by atoms with Crippen LogP contribution in [0.15, 0.2) is 18.5 Å². The molecule has 0 aromatic carbocycles. The van der Waals surface area contributed by atoms with Crippen LogP contribution in [0, 0.1) is 16.0 Å². The summed E-state index contributed by atoms with van der Waals surface area (Å²) in [5.74, 6) is -1.24. The fraction of sp³-hybridized carbons (Fsp3) is 0.455. The van der Waals surface area contributed by atoms with Gasteiger partial charge in [0.2, 0.25) is 0 Å². The van der Waals surface area contributed by atoms with E-state index < -0.39 is 16.8 Å². The number of pyridine rings is 1. The fourth-order valence-corrected chi connectivity index (χ4v) is 2.10. The highest BCUT2D eigenvalue weighted by Gasteiger charge is 2.26. The van der Waals surface area contributed by atoms with Crippen molar-refractivity contribution in [3.63, 3.8) is 0 Å². The normalized spacial score (nSPS) is 19.6. The minimum absolute atomic E-state index is 0.0788. The predicted octanol–water partition coefficient (Wildman–Crippen LogP) is 1.29. The van der Waals surface area contributed by atoms with E-state index in [-0.39, 0.29) is 5.69 Å². The van der Waals surface area contributed by atoms with Crippen molar-refractivity contribution in [2.45, 2.75) is 12.8 Å². The first kappa shape index (κ1) is 12.3. The average Bonchev–Trinajstić information content (AvgIpc) is 2.39. The van der Waals surface area contributed by atoms with E-state index in [1.54, 1.807) is 0 Å². The Morgan fingerprint density at radius 2 is 2.33 bits per heavy atom. The van der Waals surface area contributed by atoms with E-state index in [0.717, 1.165) is 6.42 Å². The zero-order chi connectivity index (χ0) is 13.1. The summed E-state index contributed by atoms with van der Waals surface area (Å²) in [4.78, 5) is 26.8. The highest BCUT2D eigenvalue weighted by molar-refractivity contribution is 5.71. The third kappa shape index (κ3) is 2.55. The lowest BCUT2D eigenvalue weighted by Gasteiger charge is -2.32. The maximum atomic E-state index is 11.0. The number of hydrogen-bond acceptors (Lipinski definition) is 5. The maximum absolute atomic E-state index is 11.0. The second-order valence-corrected chi connectivity index (χ2v) is 4.28. The second-order valence-electron chi connectivity index (χ2n) is 4.28. The average molecular weight is 251 g/mol. The Morgan fingerprint density at radius 1 is 1.56 bits per heavy atom. The third-order valence-corrected chi connectivity index (χ3v) is 3.06. The summed E-state index contributed by atoms with van der Waals surface area (Å²) in [6, 6.07) is 1.43. The Kier molecular flexibility index (Phi) is 3.40. The fourth-order valence-electron chi connectivity index (χ4n) is 2.10. The third-order valence-electron chi connectivity index (χ3n) is 3.06. The van der Waals surface area contributed by atoms with E-state index in [2.05, 4.69) is 4.98 Å². The standard InChI is InChI=1S/C11H13N3O4/c15-11(16)8-2-1-3-13(7-8)9-4-10(14(17)18)6-12-5-9/h4-6,8H,1-3,7H2,(H,15,16)/t8-/m0/s1. The van der Waals surface area contributed by atoms with Gasteiger partial charge in [-0.3, -0.25) is 19.9 Å². The molecule has 1 atom stereocenters. The molecule has 0 spiro atoms. The molecule has 1 aromatic heterocycles. The highest BCUT2D eigenvalue weighted by Crippen LogP contribution is 2.25.